The molecule has 0 radical (unpaired) electrons. The van der Waals surface area contributed by atoms with Crippen molar-refractivity contribution in [3.05, 3.63) is 18.3 Å². The van der Waals surface area contributed by atoms with Crippen LogP contribution in [0, 0.1) is 0 Å². The van der Waals surface area contributed by atoms with Crippen molar-refractivity contribution < 1.29 is 13.2 Å². The summed E-state index contributed by atoms with van der Waals surface area (Å²) in [7, 11) is -3.29. The second-order valence-electron chi connectivity index (χ2n) is 4.54. The Labute approximate surface area is 107 Å². The monoisotopic (exact) mass is 270 g/mol. The van der Waals surface area contributed by atoms with Crippen molar-refractivity contribution in [2.45, 2.75) is 30.2 Å². The number of hydrogen-bond acceptors (Lipinski definition) is 5. The topological polar surface area (TPSA) is 68.3 Å². The molecule has 1 fully saturated rings. The molecule has 2 heterocycles. The van der Waals surface area contributed by atoms with Crippen molar-refractivity contribution in [2.24, 2.45) is 0 Å². The third kappa shape index (κ3) is 3.43. The van der Waals surface area contributed by atoms with E-state index < -0.39 is 9.84 Å². The van der Waals surface area contributed by atoms with Crippen molar-refractivity contribution >= 4 is 9.84 Å². The Kier molecular flexibility index (Phi) is 4.19. The minimum absolute atomic E-state index is 0.154. The third-order valence-corrected chi connectivity index (χ3v) is 4.08. The average Bonchev–Trinajstić information content (AvgIpc) is 2.37. The second-order valence-corrected chi connectivity index (χ2v) is 6.52. The van der Waals surface area contributed by atoms with Crippen LogP contribution < -0.4 is 10.1 Å². The number of pyridine rings is 1. The van der Waals surface area contributed by atoms with Gasteiger partial charge in [-0.15, -0.1) is 0 Å². The van der Waals surface area contributed by atoms with Gasteiger partial charge in [0.15, 0.2) is 9.84 Å². The lowest BCUT2D eigenvalue weighted by Crippen LogP contribution is -2.38. The zero-order chi connectivity index (χ0) is 13.0. The first-order valence-electron chi connectivity index (χ1n) is 6.08. The summed E-state index contributed by atoms with van der Waals surface area (Å²) in [5.41, 5.74) is 0. The molecule has 0 bridgehead atoms. The Morgan fingerprint density at radius 3 is 3.00 bits per heavy atom. The van der Waals surface area contributed by atoms with Crippen molar-refractivity contribution in [3.63, 3.8) is 0 Å². The van der Waals surface area contributed by atoms with Crippen LogP contribution in [0.15, 0.2) is 23.2 Å². The summed E-state index contributed by atoms with van der Waals surface area (Å²) in [6.45, 7) is 1.45. The van der Waals surface area contributed by atoms with Gasteiger partial charge in [-0.05, 0) is 31.5 Å². The van der Waals surface area contributed by atoms with E-state index in [1.165, 1.54) is 25.1 Å². The molecule has 1 saturated heterocycles. The largest absolute Gasteiger partial charge is 0.475 e. The summed E-state index contributed by atoms with van der Waals surface area (Å²) in [5, 5.41) is 3.35. The molecular weight excluding hydrogens is 252 g/mol. The molecule has 0 spiro atoms. The maximum Gasteiger partial charge on any atom is 0.232 e. The molecular formula is C12H18N2O3S. The predicted molar refractivity (Wildman–Crippen MR) is 68.5 cm³/mol. The molecule has 1 aromatic heterocycles. The van der Waals surface area contributed by atoms with E-state index in [1.54, 1.807) is 6.07 Å². The third-order valence-electron chi connectivity index (χ3n) is 2.97. The Morgan fingerprint density at radius 2 is 2.33 bits per heavy atom. The average molecular weight is 270 g/mol. The van der Waals surface area contributed by atoms with Gasteiger partial charge >= 0.3 is 0 Å². The lowest BCUT2D eigenvalue weighted by Gasteiger charge is -2.23. The number of hydrogen-bond donors (Lipinski definition) is 1. The predicted octanol–water partition coefficient (Wildman–Crippen LogP) is 1.01. The maximum absolute atomic E-state index is 11.6. The second kappa shape index (κ2) is 5.67. The first-order chi connectivity index (χ1) is 8.57. The zero-order valence-corrected chi connectivity index (χ0v) is 11.2. The van der Waals surface area contributed by atoms with Crippen LogP contribution in [0.2, 0.25) is 0 Å². The van der Waals surface area contributed by atoms with Crippen LogP contribution in [0.1, 0.15) is 19.3 Å². The quantitative estimate of drug-likeness (QED) is 0.884. The molecule has 2 rings (SSSR count). The van der Waals surface area contributed by atoms with Gasteiger partial charge < -0.3 is 10.1 Å². The van der Waals surface area contributed by atoms with E-state index in [1.807, 2.05) is 0 Å². The van der Waals surface area contributed by atoms with Crippen LogP contribution in [0.4, 0.5) is 0 Å². The lowest BCUT2D eigenvalue weighted by molar-refractivity contribution is 0.227. The van der Waals surface area contributed by atoms with Crippen molar-refractivity contribution in [1.82, 2.24) is 10.3 Å². The van der Waals surface area contributed by atoms with E-state index in [0.717, 1.165) is 19.2 Å². The van der Waals surface area contributed by atoms with Crippen molar-refractivity contribution in [3.8, 4) is 5.88 Å². The lowest BCUT2D eigenvalue weighted by atomic mass is 10.1. The highest BCUT2D eigenvalue weighted by atomic mass is 32.2. The molecule has 1 atom stereocenters. The zero-order valence-electron chi connectivity index (χ0n) is 10.4. The van der Waals surface area contributed by atoms with Gasteiger partial charge in [-0.2, -0.15) is 0 Å². The van der Waals surface area contributed by atoms with Gasteiger partial charge in [-0.1, -0.05) is 6.42 Å². The summed E-state index contributed by atoms with van der Waals surface area (Å²) >= 11 is 0. The first kappa shape index (κ1) is 13.3. The summed E-state index contributed by atoms with van der Waals surface area (Å²) in [5.74, 6) is 0.201. The number of ether oxygens (including phenoxy) is 1. The van der Waals surface area contributed by atoms with Gasteiger partial charge in [-0.3, -0.25) is 0 Å². The normalized spacial score (nSPS) is 20.6. The summed E-state index contributed by atoms with van der Waals surface area (Å²) < 4.78 is 28.7. The molecule has 18 heavy (non-hydrogen) atoms. The number of piperidine rings is 1. The Balaban J connectivity index is 2.05. The van der Waals surface area contributed by atoms with Gasteiger partial charge in [0.2, 0.25) is 5.88 Å². The highest BCUT2D eigenvalue weighted by molar-refractivity contribution is 7.90. The molecule has 5 nitrogen and oxygen atoms in total. The summed E-state index contributed by atoms with van der Waals surface area (Å²) in [4.78, 5) is 4.15. The number of aromatic nitrogens is 1. The molecule has 1 aromatic rings. The van der Waals surface area contributed by atoms with Crippen LogP contribution in [-0.2, 0) is 9.84 Å². The number of rotatable bonds is 4. The Morgan fingerprint density at radius 1 is 1.50 bits per heavy atom. The van der Waals surface area contributed by atoms with E-state index in [-0.39, 0.29) is 16.8 Å². The van der Waals surface area contributed by atoms with E-state index >= 15 is 0 Å². The molecule has 0 aromatic carbocycles. The first-order valence-corrected chi connectivity index (χ1v) is 7.98. The van der Waals surface area contributed by atoms with Crippen LogP contribution >= 0.6 is 0 Å². The van der Waals surface area contributed by atoms with E-state index in [4.69, 9.17) is 4.74 Å². The van der Waals surface area contributed by atoms with E-state index in [2.05, 4.69) is 10.3 Å². The number of nitrogens with zero attached hydrogens (tertiary/aromatic N) is 1. The smallest absolute Gasteiger partial charge is 0.232 e. The fraction of sp³-hybridized carbons (Fsp3) is 0.583. The molecule has 1 unspecified atom stereocenters. The highest BCUT2D eigenvalue weighted by Crippen LogP contribution is 2.20. The van der Waals surface area contributed by atoms with Gasteiger partial charge in [0.25, 0.3) is 0 Å². The van der Waals surface area contributed by atoms with Gasteiger partial charge in [0, 0.05) is 18.5 Å². The molecule has 0 aliphatic carbocycles. The number of nitrogens with one attached hydrogen (secondary N) is 1. The standard InChI is InChI=1S/C12H18N2O3S/c1-18(15,16)11-6-4-8-14-12(11)17-9-10-5-2-3-7-13-10/h4,6,8,10,13H,2-3,5,7,9H2,1H3. The summed E-state index contributed by atoms with van der Waals surface area (Å²) in [6.07, 6.45) is 6.13. The van der Waals surface area contributed by atoms with Crippen molar-refractivity contribution in [1.29, 1.82) is 0 Å². The molecule has 1 N–H and O–H groups in total. The maximum atomic E-state index is 11.6. The molecule has 6 heteroatoms. The van der Waals surface area contributed by atoms with Crippen LogP contribution in [0.5, 0.6) is 5.88 Å². The summed E-state index contributed by atoms with van der Waals surface area (Å²) in [6, 6.07) is 3.40. The molecule has 1 aliphatic rings. The molecule has 0 amide bonds. The minimum Gasteiger partial charge on any atom is -0.475 e. The van der Waals surface area contributed by atoms with Crippen LogP contribution in [-0.4, -0.2) is 38.9 Å². The highest BCUT2D eigenvalue weighted by Gasteiger charge is 2.18. The fourth-order valence-electron chi connectivity index (χ4n) is 2.01. The van der Waals surface area contributed by atoms with Crippen molar-refractivity contribution in [2.75, 3.05) is 19.4 Å². The number of sulfone groups is 1. The molecule has 1 aliphatic heterocycles. The Hall–Kier alpha value is -1.14. The molecule has 0 saturated carbocycles. The van der Waals surface area contributed by atoms with Gasteiger partial charge in [0.05, 0.1) is 0 Å². The van der Waals surface area contributed by atoms with Gasteiger partial charge in [0.1, 0.15) is 11.5 Å². The fourth-order valence-corrected chi connectivity index (χ4v) is 2.77. The SMILES string of the molecule is CS(=O)(=O)c1cccnc1OCC1CCCCN1. The van der Waals surface area contributed by atoms with E-state index in [9.17, 15) is 8.42 Å². The Bertz CT molecular complexity index is 496. The minimum atomic E-state index is -3.29. The van der Waals surface area contributed by atoms with Crippen LogP contribution in [0.25, 0.3) is 0 Å². The van der Waals surface area contributed by atoms with Gasteiger partial charge in [-0.25, -0.2) is 13.4 Å². The van der Waals surface area contributed by atoms with Crippen LogP contribution in [0.3, 0.4) is 0 Å². The molecule has 100 valence electrons. The van der Waals surface area contributed by atoms with E-state index in [0.29, 0.717) is 6.61 Å².